The van der Waals surface area contributed by atoms with Gasteiger partial charge in [0.2, 0.25) is 0 Å². The number of likely N-dealkylation sites (tertiary alicyclic amines) is 1. The van der Waals surface area contributed by atoms with Gasteiger partial charge in [-0.2, -0.15) is 5.10 Å². The lowest BCUT2D eigenvalue weighted by atomic mass is 9.87. The Morgan fingerprint density at radius 1 is 1.50 bits per heavy atom. The number of nitrogens with one attached hydrogen (secondary N) is 1. The molecule has 122 valence electrons. The van der Waals surface area contributed by atoms with Crippen LogP contribution in [-0.4, -0.2) is 60.0 Å². The molecule has 6 heteroatoms. The number of nitrogens with zero attached hydrogens (tertiary/aromatic N) is 4. The van der Waals surface area contributed by atoms with Crippen molar-refractivity contribution in [2.24, 2.45) is 17.5 Å². The molecule has 2 saturated heterocycles. The van der Waals surface area contributed by atoms with E-state index in [9.17, 15) is 0 Å². The summed E-state index contributed by atoms with van der Waals surface area (Å²) in [5, 5.41) is 7.64. The molecule has 0 amide bonds. The third-order valence-corrected chi connectivity index (χ3v) is 4.68. The summed E-state index contributed by atoms with van der Waals surface area (Å²) in [4.78, 5) is 7.21. The Balaban J connectivity index is 1.58. The number of hydrogen-bond acceptors (Lipinski definition) is 3. The third-order valence-electron chi connectivity index (χ3n) is 4.68. The van der Waals surface area contributed by atoms with E-state index in [2.05, 4.69) is 28.4 Å². The van der Waals surface area contributed by atoms with Gasteiger partial charge in [0.15, 0.2) is 5.96 Å². The quantitative estimate of drug-likeness (QED) is 0.667. The van der Waals surface area contributed by atoms with Gasteiger partial charge in [-0.3, -0.25) is 9.67 Å². The third kappa shape index (κ3) is 3.43. The Morgan fingerprint density at radius 3 is 3.09 bits per heavy atom. The first kappa shape index (κ1) is 15.3. The van der Waals surface area contributed by atoms with E-state index in [1.54, 1.807) is 0 Å². The van der Waals surface area contributed by atoms with Crippen LogP contribution in [0.4, 0.5) is 0 Å². The van der Waals surface area contributed by atoms with Crippen LogP contribution >= 0.6 is 0 Å². The Bertz CT molecular complexity index is 518. The molecule has 2 aliphatic heterocycles. The van der Waals surface area contributed by atoms with E-state index in [1.807, 2.05) is 17.9 Å². The lowest BCUT2D eigenvalue weighted by molar-refractivity contribution is 0.156. The zero-order chi connectivity index (χ0) is 15.4. The summed E-state index contributed by atoms with van der Waals surface area (Å²) in [5.41, 5.74) is 1.61. The maximum Gasteiger partial charge on any atom is 0.193 e. The Labute approximate surface area is 132 Å². The lowest BCUT2D eigenvalue weighted by Gasteiger charge is -2.24. The summed E-state index contributed by atoms with van der Waals surface area (Å²) < 4.78 is 7.46. The summed E-state index contributed by atoms with van der Waals surface area (Å²) in [6.45, 7) is 7.83. The first-order valence-electron chi connectivity index (χ1n) is 8.29. The Kier molecular flexibility index (Phi) is 4.66. The van der Waals surface area contributed by atoms with Crippen LogP contribution in [0.5, 0.6) is 0 Å². The number of ether oxygens (including phenoxy) is 1. The van der Waals surface area contributed by atoms with E-state index in [0.717, 1.165) is 51.8 Å². The molecule has 6 nitrogen and oxygen atoms in total. The van der Waals surface area contributed by atoms with Crippen molar-refractivity contribution in [2.75, 3.05) is 39.4 Å². The van der Waals surface area contributed by atoms with Crippen LogP contribution in [0.2, 0.25) is 0 Å². The van der Waals surface area contributed by atoms with Gasteiger partial charge in [0.05, 0.1) is 12.8 Å². The van der Waals surface area contributed by atoms with Crippen LogP contribution in [0, 0.1) is 5.41 Å². The van der Waals surface area contributed by atoms with Crippen molar-refractivity contribution in [3.8, 4) is 0 Å². The Hall–Kier alpha value is -1.56. The van der Waals surface area contributed by atoms with Gasteiger partial charge >= 0.3 is 0 Å². The minimum Gasteiger partial charge on any atom is -0.381 e. The molecule has 1 N–H and O–H groups in total. The topological polar surface area (TPSA) is 54.7 Å². The molecule has 0 aromatic carbocycles. The smallest absolute Gasteiger partial charge is 0.193 e. The van der Waals surface area contributed by atoms with Crippen molar-refractivity contribution in [1.82, 2.24) is 20.0 Å². The van der Waals surface area contributed by atoms with Crippen LogP contribution in [0.15, 0.2) is 17.4 Å². The molecule has 0 aliphatic carbocycles. The molecule has 1 spiro atoms. The second-order valence-electron chi connectivity index (χ2n) is 6.48. The summed E-state index contributed by atoms with van der Waals surface area (Å²) >= 11 is 0. The van der Waals surface area contributed by atoms with E-state index < -0.39 is 0 Å². The molecule has 0 bridgehead atoms. The summed E-state index contributed by atoms with van der Waals surface area (Å²) in [5.74, 6) is 1.05. The van der Waals surface area contributed by atoms with Crippen molar-refractivity contribution in [3.63, 3.8) is 0 Å². The molecule has 2 fully saturated rings. The zero-order valence-electron chi connectivity index (χ0n) is 13.7. The molecule has 1 unspecified atom stereocenters. The van der Waals surface area contributed by atoms with Gasteiger partial charge in [-0.05, 0) is 31.7 Å². The average molecular weight is 305 g/mol. The van der Waals surface area contributed by atoms with E-state index in [0.29, 0.717) is 5.41 Å². The van der Waals surface area contributed by atoms with E-state index in [-0.39, 0.29) is 0 Å². The molecular formula is C16H27N5O. The summed E-state index contributed by atoms with van der Waals surface area (Å²) in [7, 11) is 1.95. The van der Waals surface area contributed by atoms with Gasteiger partial charge in [0.25, 0.3) is 0 Å². The molecular weight excluding hydrogens is 278 g/mol. The molecule has 0 radical (unpaired) electrons. The summed E-state index contributed by atoms with van der Waals surface area (Å²) in [6.07, 6.45) is 7.33. The van der Waals surface area contributed by atoms with Gasteiger partial charge in [0.1, 0.15) is 0 Å². The number of aromatic nitrogens is 2. The molecule has 22 heavy (non-hydrogen) atoms. The predicted molar refractivity (Wildman–Crippen MR) is 86.9 cm³/mol. The van der Waals surface area contributed by atoms with Crippen molar-refractivity contribution in [3.05, 3.63) is 18.0 Å². The monoisotopic (exact) mass is 305 g/mol. The lowest BCUT2D eigenvalue weighted by Crippen LogP contribution is -2.41. The normalized spacial score (nSPS) is 25.4. The highest BCUT2D eigenvalue weighted by Crippen LogP contribution is 2.38. The van der Waals surface area contributed by atoms with Gasteiger partial charge in [-0.1, -0.05) is 0 Å². The zero-order valence-corrected chi connectivity index (χ0v) is 13.7. The molecule has 1 aromatic heterocycles. The van der Waals surface area contributed by atoms with Gasteiger partial charge in [-0.25, -0.2) is 0 Å². The van der Waals surface area contributed by atoms with E-state index in [1.165, 1.54) is 18.4 Å². The first-order chi connectivity index (χ1) is 10.7. The number of rotatable bonds is 4. The molecule has 2 aliphatic rings. The highest BCUT2D eigenvalue weighted by molar-refractivity contribution is 5.80. The molecule has 3 rings (SSSR count). The van der Waals surface area contributed by atoms with Crippen LogP contribution in [0.1, 0.15) is 25.3 Å². The SMILES string of the molecule is CCNC(=NCCc1cnn(C)c1)N1CCC2(CCOC2)C1. The molecule has 1 aromatic rings. The van der Waals surface area contributed by atoms with Gasteiger partial charge < -0.3 is 15.0 Å². The summed E-state index contributed by atoms with van der Waals surface area (Å²) in [6, 6.07) is 0. The number of guanidine groups is 1. The molecule has 3 heterocycles. The van der Waals surface area contributed by atoms with Crippen LogP contribution in [-0.2, 0) is 18.2 Å². The molecule has 1 atom stereocenters. The fourth-order valence-electron chi connectivity index (χ4n) is 3.40. The van der Waals surface area contributed by atoms with Gasteiger partial charge in [-0.15, -0.1) is 0 Å². The number of aliphatic imine (C=N–C) groups is 1. The second kappa shape index (κ2) is 6.69. The fraction of sp³-hybridized carbons (Fsp3) is 0.750. The van der Waals surface area contributed by atoms with Crippen molar-refractivity contribution in [1.29, 1.82) is 0 Å². The van der Waals surface area contributed by atoms with Crippen molar-refractivity contribution >= 4 is 5.96 Å². The number of hydrogen-bond donors (Lipinski definition) is 1. The number of aryl methyl sites for hydroxylation is 1. The maximum atomic E-state index is 5.62. The minimum atomic E-state index is 0.375. The standard InChI is InChI=1S/C16H27N5O/c1-3-17-15(18-7-4-14-10-19-20(2)11-14)21-8-5-16(12-21)6-9-22-13-16/h10-11H,3-9,12-13H2,1-2H3,(H,17,18). The first-order valence-corrected chi connectivity index (χ1v) is 8.29. The van der Waals surface area contributed by atoms with Gasteiger partial charge in [0, 0.05) is 51.4 Å². The van der Waals surface area contributed by atoms with E-state index in [4.69, 9.17) is 9.73 Å². The van der Waals surface area contributed by atoms with Crippen LogP contribution in [0.3, 0.4) is 0 Å². The second-order valence-corrected chi connectivity index (χ2v) is 6.48. The highest BCUT2D eigenvalue weighted by atomic mass is 16.5. The van der Waals surface area contributed by atoms with Crippen LogP contribution in [0.25, 0.3) is 0 Å². The van der Waals surface area contributed by atoms with Crippen molar-refractivity contribution < 1.29 is 4.74 Å². The largest absolute Gasteiger partial charge is 0.381 e. The molecule has 0 saturated carbocycles. The van der Waals surface area contributed by atoms with Crippen LogP contribution < -0.4 is 5.32 Å². The highest BCUT2D eigenvalue weighted by Gasteiger charge is 2.42. The Morgan fingerprint density at radius 2 is 2.41 bits per heavy atom. The fourth-order valence-corrected chi connectivity index (χ4v) is 3.40. The van der Waals surface area contributed by atoms with Crippen molar-refractivity contribution in [2.45, 2.75) is 26.2 Å². The average Bonchev–Trinajstić information content (AvgIpc) is 3.22. The van der Waals surface area contributed by atoms with E-state index >= 15 is 0 Å². The minimum absolute atomic E-state index is 0.375. The predicted octanol–water partition coefficient (Wildman–Crippen LogP) is 1.04. The maximum absolute atomic E-state index is 5.62.